The van der Waals surface area contributed by atoms with Crippen LogP contribution in [0.1, 0.15) is 16.7 Å². The van der Waals surface area contributed by atoms with Crippen LogP contribution in [0.3, 0.4) is 0 Å². The zero-order valence-electron chi connectivity index (χ0n) is 11.1. The third-order valence-corrected chi connectivity index (χ3v) is 5.50. The standard InChI is InChI=1S/C12H18N2O4S/c1-7-4-8(2)10(9(3)5-7)19(17,18)12(14,6-13)11(15)16/h4-5H,6,13-14H2,1-3H3,(H,15,16). The molecular formula is C12H18N2O4S. The maximum Gasteiger partial charge on any atom is 0.341 e. The summed E-state index contributed by atoms with van der Waals surface area (Å²) in [6, 6.07) is 3.33. The van der Waals surface area contributed by atoms with E-state index in [1.165, 1.54) is 0 Å². The fourth-order valence-electron chi connectivity index (χ4n) is 2.08. The molecule has 0 bridgehead atoms. The van der Waals surface area contributed by atoms with Gasteiger partial charge >= 0.3 is 5.97 Å². The van der Waals surface area contributed by atoms with Crippen molar-refractivity contribution < 1.29 is 18.3 Å². The summed E-state index contributed by atoms with van der Waals surface area (Å²) in [4.78, 5) is 8.60. The summed E-state index contributed by atoms with van der Waals surface area (Å²) in [5, 5.41) is 9.08. The predicted molar refractivity (Wildman–Crippen MR) is 71.4 cm³/mol. The molecule has 7 heteroatoms. The molecule has 0 spiro atoms. The molecule has 1 rings (SSSR count). The van der Waals surface area contributed by atoms with E-state index in [-0.39, 0.29) is 4.90 Å². The molecule has 1 unspecified atom stereocenters. The lowest BCUT2D eigenvalue weighted by Crippen LogP contribution is -2.60. The minimum atomic E-state index is -4.27. The second-order valence-corrected chi connectivity index (χ2v) is 6.77. The van der Waals surface area contributed by atoms with Gasteiger partial charge < -0.3 is 16.6 Å². The van der Waals surface area contributed by atoms with Crippen LogP contribution in [0, 0.1) is 20.8 Å². The number of benzene rings is 1. The SMILES string of the molecule is Cc1cc(C)c(S(=O)(=O)C(N)(CN)C(=O)O)c(C)c1. The molecular weight excluding hydrogens is 268 g/mol. The lowest BCUT2D eigenvalue weighted by Gasteiger charge is -2.25. The lowest BCUT2D eigenvalue weighted by molar-refractivity contribution is -0.139. The second kappa shape index (κ2) is 4.92. The van der Waals surface area contributed by atoms with E-state index in [1.54, 1.807) is 26.0 Å². The van der Waals surface area contributed by atoms with Crippen LogP contribution in [-0.4, -0.2) is 30.9 Å². The Labute approximate surface area is 112 Å². The highest BCUT2D eigenvalue weighted by molar-refractivity contribution is 7.93. The van der Waals surface area contributed by atoms with Crippen molar-refractivity contribution in [1.29, 1.82) is 0 Å². The number of aryl methyl sites for hydroxylation is 3. The van der Waals surface area contributed by atoms with Crippen molar-refractivity contribution in [3.63, 3.8) is 0 Å². The maximum atomic E-state index is 12.5. The molecule has 5 N–H and O–H groups in total. The van der Waals surface area contributed by atoms with Crippen molar-refractivity contribution in [2.24, 2.45) is 11.5 Å². The second-order valence-electron chi connectivity index (χ2n) is 4.63. The number of carboxylic acids is 1. The average molecular weight is 286 g/mol. The quantitative estimate of drug-likeness (QED) is 0.720. The van der Waals surface area contributed by atoms with Crippen molar-refractivity contribution in [3.8, 4) is 0 Å². The van der Waals surface area contributed by atoms with Gasteiger partial charge in [-0.25, -0.2) is 13.2 Å². The van der Waals surface area contributed by atoms with Gasteiger partial charge in [0.25, 0.3) is 0 Å². The molecule has 0 aromatic heterocycles. The lowest BCUT2D eigenvalue weighted by atomic mass is 10.1. The Bertz CT molecular complexity index is 602. The van der Waals surface area contributed by atoms with Crippen LogP contribution in [0.2, 0.25) is 0 Å². The van der Waals surface area contributed by atoms with E-state index in [0.29, 0.717) is 11.1 Å². The number of hydrogen-bond acceptors (Lipinski definition) is 5. The average Bonchev–Trinajstić information content (AvgIpc) is 2.25. The highest BCUT2D eigenvalue weighted by Gasteiger charge is 2.48. The third-order valence-electron chi connectivity index (χ3n) is 3.02. The Morgan fingerprint density at radius 3 is 2.00 bits per heavy atom. The smallest absolute Gasteiger partial charge is 0.341 e. The Kier molecular flexibility index (Phi) is 4.04. The summed E-state index contributed by atoms with van der Waals surface area (Å²) < 4.78 is 25.0. The molecule has 0 fully saturated rings. The summed E-state index contributed by atoms with van der Waals surface area (Å²) >= 11 is 0. The van der Waals surface area contributed by atoms with Gasteiger partial charge in [0.15, 0.2) is 0 Å². The Balaban J connectivity index is 3.66. The van der Waals surface area contributed by atoms with Gasteiger partial charge in [0.2, 0.25) is 14.7 Å². The number of carboxylic acid groups (broad SMARTS) is 1. The van der Waals surface area contributed by atoms with E-state index in [9.17, 15) is 13.2 Å². The Morgan fingerprint density at radius 1 is 1.26 bits per heavy atom. The molecule has 1 aromatic carbocycles. The van der Waals surface area contributed by atoms with Crippen molar-refractivity contribution in [3.05, 3.63) is 28.8 Å². The van der Waals surface area contributed by atoms with Crippen LogP contribution in [0.5, 0.6) is 0 Å². The van der Waals surface area contributed by atoms with Crippen molar-refractivity contribution >= 4 is 15.8 Å². The normalized spacial score (nSPS) is 15.0. The summed E-state index contributed by atoms with van der Waals surface area (Å²) in [5.41, 5.74) is 12.6. The Hall–Kier alpha value is -1.44. The number of nitrogens with two attached hydrogens (primary N) is 2. The summed E-state index contributed by atoms with van der Waals surface area (Å²) in [6.07, 6.45) is 0. The van der Waals surface area contributed by atoms with Gasteiger partial charge in [0, 0.05) is 6.54 Å². The maximum absolute atomic E-state index is 12.5. The van der Waals surface area contributed by atoms with E-state index in [2.05, 4.69) is 0 Å². The summed E-state index contributed by atoms with van der Waals surface area (Å²) in [5.74, 6) is -1.66. The molecule has 0 aliphatic rings. The molecule has 0 heterocycles. The topological polar surface area (TPSA) is 123 Å². The zero-order valence-corrected chi connectivity index (χ0v) is 11.9. The fraction of sp³-hybridized carbons (Fsp3) is 0.417. The van der Waals surface area contributed by atoms with E-state index in [0.717, 1.165) is 5.56 Å². The van der Waals surface area contributed by atoms with E-state index >= 15 is 0 Å². The molecule has 1 atom stereocenters. The van der Waals surface area contributed by atoms with Gasteiger partial charge in [-0.3, -0.25) is 0 Å². The highest BCUT2D eigenvalue weighted by Crippen LogP contribution is 2.28. The first-order valence-corrected chi connectivity index (χ1v) is 7.11. The molecule has 0 amide bonds. The molecule has 0 aliphatic carbocycles. The highest BCUT2D eigenvalue weighted by atomic mass is 32.2. The molecule has 1 aromatic rings. The first kappa shape index (κ1) is 15.6. The monoisotopic (exact) mass is 286 g/mol. The molecule has 0 saturated heterocycles. The van der Waals surface area contributed by atoms with Crippen molar-refractivity contribution in [2.45, 2.75) is 30.5 Å². The van der Waals surface area contributed by atoms with Crippen molar-refractivity contribution in [2.75, 3.05) is 6.54 Å². The fourth-order valence-corrected chi connectivity index (χ4v) is 3.86. The largest absolute Gasteiger partial charge is 0.479 e. The molecule has 0 radical (unpaired) electrons. The van der Waals surface area contributed by atoms with Gasteiger partial charge in [-0.05, 0) is 31.9 Å². The number of rotatable bonds is 4. The van der Waals surface area contributed by atoms with Crippen LogP contribution < -0.4 is 11.5 Å². The number of aliphatic carboxylic acids is 1. The first-order valence-electron chi connectivity index (χ1n) is 5.62. The molecule has 106 valence electrons. The number of hydrogen-bond donors (Lipinski definition) is 3. The van der Waals surface area contributed by atoms with Crippen LogP contribution >= 0.6 is 0 Å². The molecule has 0 saturated carbocycles. The van der Waals surface area contributed by atoms with Crippen LogP contribution in [0.4, 0.5) is 0 Å². The molecule has 19 heavy (non-hydrogen) atoms. The van der Waals surface area contributed by atoms with Crippen LogP contribution in [-0.2, 0) is 14.6 Å². The molecule has 0 aliphatic heterocycles. The van der Waals surface area contributed by atoms with Gasteiger partial charge in [-0.15, -0.1) is 0 Å². The number of sulfone groups is 1. The van der Waals surface area contributed by atoms with E-state index < -0.39 is 27.2 Å². The van der Waals surface area contributed by atoms with Gasteiger partial charge in [-0.2, -0.15) is 0 Å². The third kappa shape index (κ3) is 2.36. The summed E-state index contributed by atoms with van der Waals surface area (Å²) in [6.45, 7) is 4.33. The van der Waals surface area contributed by atoms with Gasteiger partial charge in [0.1, 0.15) is 0 Å². The zero-order chi connectivity index (χ0) is 15.0. The minimum Gasteiger partial charge on any atom is -0.479 e. The Morgan fingerprint density at radius 2 is 1.68 bits per heavy atom. The van der Waals surface area contributed by atoms with E-state index in [1.807, 2.05) is 6.92 Å². The minimum absolute atomic E-state index is 0.0616. The number of carbonyl (C=O) groups is 1. The van der Waals surface area contributed by atoms with Crippen LogP contribution in [0.15, 0.2) is 17.0 Å². The van der Waals surface area contributed by atoms with Crippen LogP contribution in [0.25, 0.3) is 0 Å². The van der Waals surface area contributed by atoms with Gasteiger partial charge in [-0.1, -0.05) is 17.7 Å². The van der Waals surface area contributed by atoms with E-state index in [4.69, 9.17) is 16.6 Å². The van der Waals surface area contributed by atoms with Crippen molar-refractivity contribution in [1.82, 2.24) is 0 Å². The predicted octanol–water partition coefficient (Wildman–Crippen LogP) is 0.0839. The van der Waals surface area contributed by atoms with Gasteiger partial charge in [0.05, 0.1) is 4.90 Å². The molecule has 6 nitrogen and oxygen atoms in total. The first-order chi connectivity index (χ1) is 8.57. The summed E-state index contributed by atoms with van der Waals surface area (Å²) in [7, 11) is -4.27.